The van der Waals surface area contributed by atoms with Crippen LogP contribution >= 0.6 is 0 Å². The van der Waals surface area contributed by atoms with Crippen molar-refractivity contribution in [3.8, 4) is 0 Å². The van der Waals surface area contributed by atoms with Crippen LogP contribution in [0, 0.1) is 0 Å². The minimum absolute atomic E-state index is 0.0188. The number of anilines is 2. The van der Waals surface area contributed by atoms with Crippen molar-refractivity contribution in [2.75, 3.05) is 36.5 Å². The Morgan fingerprint density at radius 3 is 2.45 bits per heavy atom. The van der Waals surface area contributed by atoms with Gasteiger partial charge in [0, 0.05) is 47.8 Å². The van der Waals surface area contributed by atoms with Crippen LogP contribution in [0.4, 0.5) is 24.5 Å². The zero-order chi connectivity index (χ0) is 28.3. The molecule has 0 unspecified atom stereocenters. The molecule has 0 spiro atoms. The minimum atomic E-state index is -4.72. The number of carbonyl (C=O) groups excluding carboxylic acids is 1. The number of aromatic amines is 1. The molecule has 1 atom stereocenters. The predicted molar refractivity (Wildman–Crippen MR) is 143 cm³/mol. The van der Waals surface area contributed by atoms with E-state index in [9.17, 15) is 26.4 Å². The Labute approximate surface area is 228 Å². The lowest BCUT2D eigenvalue weighted by molar-refractivity contribution is -0.141. The van der Waals surface area contributed by atoms with E-state index in [4.69, 9.17) is 4.74 Å². The second kappa shape index (κ2) is 11.3. The van der Waals surface area contributed by atoms with E-state index < -0.39 is 38.7 Å². The highest BCUT2D eigenvalue weighted by Gasteiger charge is 2.33. The number of nitrogens with one attached hydrogen (secondary N) is 3. The molecule has 2 aromatic heterocycles. The molecule has 0 aliphatic carbocycles. The Bertz CT molecular complexity index is 1580. The van der Waals surface area contributed by atoms with Gasteiger partial charge in [0.2, 0.25) is 15.9 Å². The standard InChI is InChI=1S/C27H26F3N5O4S/c28-27(29,30)25-10-9-21(17-32-25)40(37,38)34-24(15-18-16-31-23-4-2-1-3-22(18)23)26(36)33-19-5-7-20(8-6-19)35-11-13-39-14-12-35/h1-10,16-17,24,31,34H,11-15H2,(H,33,36)/t24-/m0/s1. The second-order valence-electron chi connectivity index (χ2n) is 9.25. The molecule has 2 aromatic carbocycles. The number of benzene rings is 2. The van der Waals surface area contributed by atoms with Gasteiger partial charge in [-0.05, 0) is 54.4 Å². The number of aromatic nitrogens is 2. The van der Waals surface area contributed by atoms with Crippen LogP contribution in [-0.4, -0.2) is 56.6 Å². The lowest BCUT2D eigenvalue weighted by atomic mass is 10.0. The monoisotopic (exact) mass is 573 g/mol. The summed E-state index contributed by atoms with van der Waals surface area (Å²) in [6.45, 7) is 2.75. The molecule has 1 fully saturated rings. The molecule has 13 heteroatoms. The number of hydrogen-bond acceptors (Lipinski definition) is 6. The fourth-order valence-corrected chi connectivity index (χ4v) is 5.62. The van der Waals surface area contributed by atoms with E-state index in [0.29, 0.717) is 36.7 Å². The Hall–Kier alpha value is -3.94. The maximum Gasteiger partial charge on any atom is 0.433 e. The van der Waals surface area contributed by atoms with E-state index >= 15 is 0 Å². The van der Waals surface area contributed by atoms with Crippen molar-refractivity contribution in [1.29, 1.82) is 0 Å². The van der Waals surface area contributed by atoms with Crippen molar-refractivity contribution in [1.82, 2.24) is 14.7 Å². The van der Waals surface area contributed by atoms with Crippen molar-refractivity contribution in [3.63, 3.8) is 0 Å². The van der Waals surface area contributed by atoms with Crippen LogP contribution in [0.3, 0.4) is 0 Å². The molecule has 1 saturated heterocycles. The summed E-state index contributed by atoms with van der Waals surface area (Å²) in [5.41, 5.74) is 1.70. The molecule has 5 rings (SSSR count). The van der Waals surface area contributed by atoms with Gasteiger partial charge in [0.1, 0.15) is 16.6 Å². The summed E-state index contributed by atoms with van der Waals surface area (Å²) in [4.78, 5) is 21.4. The molecule has 1 amide bonds. The van der Waals surface area contributed by atoms with Gasteiger partial charge in [-0.3, -0.25) is 9.78 Å². The highest BCUT2D eigenvalue weighted by atomic mass is 32.2. The van der Waals surface area contributed by atoms with Gasteiger partial charge < -0.3 is 19.9 Å². The Morgan fingerprint density at radius 2 is 1.77 bits per heavy atom. The fourth-order valence-electron chi connectivity index (χ4n) is 4.48. The number of para-hydroxylation sites is 1. The molecule has 4 aromatic rings. The van der Waals surface area contributed by atoms with Crippen LogP contribution in [0.25, 0.3) is 10.9 Å². The van der Waals surface area contributed by atoms with Crippen LogP contribution in [-0.2, 0) is 32.2 Å². The number of pyridine rings is 1. The molecule has 3 N–H and O–H groups in total. The average molecular weight is 574 g/mol. The number of halogens is 3. The molecule has 210 valence electrons. The largest absolute Gasteiger partial charge is 0.433 e. The summed E-state index contributed by atoms with van der Waals surface area (Å²) in [7, 11) is -4.41. The van der Waals surface area contributed by atoms with Crippen molar-refractivity contribution >= 4 is 38.2 Å². The Kier molecular flexibility index (Phi) is 7.79. The van der Waals surface area contributed by atoms with Gasteiger partial charge in [0.25, 0.3) is 0 Å². The smallest absolute Gasteiger partial charge is 0.378 e. The second-order valence-corrected chi connectivity index (χ2v) is 11.0. The van der Waals surface area contributed by atoms with Crippen molar-refractivity contribution in [2.24, 2.45) is 0 Å². The number of hydrogen-bond donors (Lipinski definition) is 3. The first-order chi connectivity index (χ1) is 19.1. The quantitative estimate of drug-likeness (QED) is 0.294. The Morgan fingerprint density at radius 1 is 1.05 bits per heavy atom. The molecular formula is C27H26F3N5O4S. The van der Waals surface area contributed by atoms with Gasteiger partial charge in [0.15, 0.2) is 0 Å². The summed E-state index contributed by atoms with van der Waals surface area (Å²) in [6, 6.07) is 14.6. The molecule has 40 heavy (non-hydrogen) atoms. The predicted octanol–water partition coefficient (Wildman–Crippen LogP) is 3.95. The molecule has 1 aliphatic heterocycles. The zero-order valence-corrected chi connectivity index (χ0v) is 21.9. The molecule has 9 nitrogen and oxygen atoms in total. The Balaban J connectivity index is 1.38. The number of H-pyrrole nitrogens is 1. The van der Waals surface area contributed by atoms with Gasteiger partial charge >= 0.3 is 6.18 Å². The van der Waals surface area contributed by atoms with E-state index in [1.165, 1.54) is 0 Å². The SMILES string of the molecule is O=C(Nc1ccc(N2CCOCC2)cc1)[C@H](Cc1c[nH]c2ccccc12)NS(=O)(=O)c1ccc(C(F)(F)F)nc1. The first-order valence-corrected chi connectivity index (χ1v) is 13.9. The normalized spacial score (nSPS) is 15.2. The molecular weight excluding hydrogens is 547 g/mol. The first kappa shape index (κ1) is 27.6. The molecule has 1 aliphatic rings. The highest BCUT2D eigenvalue weighted by Crippen LogP contribution is 2.28. The number of carbonyl (C=O) groups is 1. The number of sulfonamides is 1. The number of nitrogens with zero attached hydrogens (tertiary/aromatic N) is 2. The van der Waals surface area contributed by atoms with Crippen LogP contribution in [0.5, 0.6) is 0 Å². The summed E-state index contributed by atoms with van der Waals surface area (Å²) < 4.78 is 72.8. The maximum atomic E-state index is 13.4. The van der Waals surface area contributed by atoms with Crippen LogP contribution in [0.15, 0.2) is 78.0 Å². The van der Waals surface area contributed by atoms with Gasteiger partial charge in [-0.15, -0.1) is 0 Å². The third kappa shape index (κ3) is 6.27. The van der Waals surface area contributed by atoms with Crippen molar-refractivity contribution < 1.29 is 31.1 Å². The number of alkyl halides is 3. The van der Waals surface area contributed by atoms with E-state index in [0.717, 1.165) is 35.7 Å². The van der Waals surface area contributed by atoms with Gasteiger partial charge in [-0.1, -0.05) is 18.2 Å². The maximum absolute atomic E-state index is 13.4. The van der Waals surface area contributed by atoms with Gasteiger partial charge in [-0.25, -0.2) is 8.42 Å². The topological polar surface area (TPSA) is 116 Å². The number of morpholine rings is 1. The van der Waals surface area contributed by atoms with E-state index in [1.54, 1.807) is 18.3 Å². The first-order valence-electron chi connectivity index (χ1n) is 12.4. The van der Waals surface area contributed by atoms with Gasteiger partial charge in [-0.2, -0.15) is 17.9 Å². The third-order valence-corrected chi connectivity index (χ3v) is 8.02. The summed E-state index contributed by atoms with van der Waals surface area (Å²) in [5.74, 6) is -0.632. The lowest BCUT2D eigenvalue weighted by Gasteiger charge is -2.29. The number of fused-ring (bicyclic) bond motifs is 1. The van der Waals surface area contributed by atoms with Crippen LogP contribution in [0.2, 0.25) is 0 Å². The number of amides is 1. The van der Waals surface area contributed by atoms with Crippen molar-refractivity contribution in [3.05, 3.63) is 84.3 Å². The highest BCUT2D eigenvalue weighted by molar-refractivity contribution is 7.89. The average Bonchev–Trinajstić information content (AvgIpc) is 3.36. The molecule has 3 heterocycles. The minimum Gasteiger partial charge on any atom is -0.378 e. The summed E-state index contributed by atoms with van der Waals surface area (Å²) in [6.07, 6.45) is -2.42. The van der Waals surface area contributed by atoms with Crippen LogP contribution < -0.4 is 14.9 Å². The lowest BCUT2D eigenvalue weighted by Crippen LogP contribution is -2.45. The summed E-state index contributed by atoms with van der Waals surface area (Å²) in [5, 5.41) is 3.56. The van der Waals surface area contributed by atoms with Gasteiger partial charge in [0.05, 0.1) is 13.2 Å². The van der Waals surface area contributed by atoms with E-state index in [2.05, 4.69) is 24.9 Å². The molecule has 0 radical (unpaired) electrons. The third-order valence-electron chi connectivity index (χ3n) is 6.56. The molecule has 0 saturated carbocycles. The summed E-state index contributed by atoms with van der Waals surface area (Å²) >= 11 is 0. The van der Waals surface area contributed by atoms with Crippen LogP contribution in [0.1, 0.15) is 11.3 Å². The fraction of sp³-hybridized carbons (Fsp3) is 0.259. The van der Waals surface area contributed by atoms with Crippen molar-refractivity contribution in [2.45, 2.75) is 23.5 Å². The number of ether oxygens (including phenoxy) is 1. The molecule has 0 bridgehead atoms. The number of rotatable bonds is 8. The van der Waals surface area contributed by atoms with E-state index in [-0.39, 0.29) is 6.42 Å². The van der Waals surface area contributed by atoms with E-state index in [1.807, 2.05) is 36.4 Å². The zero-order valence-electron chi connectivity index (χ0n) is 21.1.